The molecule has 0 saturated carbocycles. The third kappa shape index (κ3) is 5.45. The SMILES string of the molecule is NS(=O)(=O)c1ccc(CCN2C(=O)C(=O)C(=C(O)c3ccc(Br)cc3)C2c2cccc([N+](=O)[O-])c2)cc1. The van der Waals surface area contributed by atoms with Crippen molar-refractivity contribution < 1.29 is 28.0 Å². The van der Waals surface area contributed by atoms with Crippen LogP contribution in [-0.4, -0.2) is 41.6 Å². The van der Waals surface area contributed by atoms with Crippen molar-refractivity contribution in [2.75, 3.05) is 6.54 Å². The summed E-state index contributed by atoms with van der Waals surface area (Å²) < 4.78 is 23.8. The summed E-state index contributed by atoms with van der Waals surface area (Å²) in [5.74, 6) is -2.18. The molecule has 10 nitrogen and oxygen atoms in total. The molecule has 1 fully saturated rings. The van der Waals surface area contributed by atoms with Crippen LogP contribution < -0.4 is 5.14 Å². The van der Waals surface area contributed by atoms with Crippen molar-refractivity contribution in [3.8, 4) is 0 Å². The Hall–Kier alpha value is -3.87. The Morgan fingerprint density at radius 2 is 1.70 bits per heavy atom. The van der Waals surface area contributed by atoms with E-state index in [-0.39, 0.29) is 34.7 Å². The van der Waals surface area contributed by atoms with Crippen LogP contribution in [0, 0.1) is 10.1 Å². The number of non-ortho nitro benzene ring substituents is 1. The summed E-state index contributed by atoms with van der Waals surface area (Å²) >= 11 is 3.31. The zero-order valence-electron chi connectivity index (χ0n) is 19.1. The lowest BCUT2D eigenvalue weighted by atomic mass is 9.95. The molecule has 1 aliphatic rings. The number of primary sulfonamides is 1. The number of hydrogen-bond donors (Lipinski definition) is 2. The van der Waals surface area contributed by atoms with Gasteiger partial charge in [0.25, 0.3) is 17.4 Å². The number of likely N-dealkylation sites (tertiary alicyclic amines) is 1. The fourth-order valence-corrected chi connectivity index (χ4v) is 4.90. The molecule has 1 atom stereocenters. The number of carbonyl (C=O) groups excluding carboxylic acids is 2. The number of nitrogens with zero attached hydrogens (tertiary/aromatic N) is 2. The third-order valence-electron chi connectivity index (χ3n) is 5.95. The van der Waals surface area contributed by atoms with Crippen molar-refractivity contribution >= 4 is 49.1 Å². The lowest BCUT2D eigenvalue weighted by molar-refractivity contribution is -0.384. The topological polar surface area (TPSA) is 161 Å². The van der Waals surface area contributed by atoms with Gasteiger partial charge in [-0.25, -0.2) is 13.6 Å². The molecule has 0 bridgehead atoms. The maximum atomic E-state index is 13.1. The largest absolute Gasteiger partial charge is 0.507 e. The summed E-state index contributed by atoms with van der Waals surface area (Å²) in [6.07, 6.45) is 0.238. The smallest absolute Gasteiger partial charge is 0.295 e. The molecule has 190 valence electrons. The highest BCUT2D eigenvalue weighted by Crippen LogP contribution is 2.40. The first-order valence-electron chi connectivity index (χ1n) is 10.9. The van der Waals surface area contributed by atoms with Crippen molar-refractivity contribution in [1.29, 1.82) is 0 Å². The van der Waals surface area contributed by atoms with Gasteiger partial charge in [-0.3, -0.25) is 19.7 Å². The Kier molecular flexibility index (Phi) is 7.25. The van der Waals surface area contributed by atoms with Gasteiger partial charge < -0.3 is 10.0 Å². The van der Waals surface area contributed by atoms with Gasteiger partial charge in [-0.1, -0.05) is 52.3 Å². The van der Waals surface area contributed by atoms with E-state index in [1.807, 2.05) is 0 Å². The number of nitro benzene ring substituents is 1. The van der Waals surface area contributed by atoms with Crippen LogP contribution in [0.1, 0.15) is 22.7 Å². The fraction of sp³-hybridized carbons (Fsp3) is 0.120. The van der Waals surface area contributed by atoms with E-state index in [9.17, 15) is 33.2 Å². The number of aliphatic hydroxyl groups excluding tert-OH is 1. The number of ketones is 1. The molecule has 4 rings (SSSR count). The van der Waals surface area contributed by atoms with E-state index in [1.54, 1.807) is 42.5 Å². The Bertz CT molecular complexity index is 1540. The van der Waals surface area contributed by atoms with E-state index in [2.05, 4.69) is 15.9 Å². The van der Waals surface area contributed by atoms with Gasteiger partial charge in [-0.2, -0.15) is 0 Å². The molecular weight excluding hydrogens is 566 g/mol. The highest BCUT2D eigenvalue weighted by Gasteiger charge is 2.46. The van der Waals surface area contributed by atoms with Crippen molar-refractivity contribution in [3.05, 3.63) is 110 Å². The molecule has 0 radical (unpaired) electrons. The van der Waals surface area contributed by atoms with Crippen LogP contribution in [0.15, 0.2) is 87.7 Å². The van der Waals surface area contributed by atoms with E-state index in [0.717, 1.165) is 4.47 Å². The zero-order valence-corrected chi connectivity index (χ0v) is 21.5. The molecule has 0 aromatic heterocycles. The second kappa shape index (κ2) is 10.2. The number of aliphatic hydroxyl groups is 1. The number of nitro groups is 1. The third-order valence-corrected chi connectivity index (χ3v) is 7.41. The quantitative estimate of drug-likeness (QED) is 0.140. The molecule has 1 heterocycles. The van der Waals surface area contributed by atoms with Crippen LogP contribution in [0.4, 0.5) is 5.69 Å². The average molecular weight is 586 g/mol. The summed E-state index contributed by atoms with van der Waals surface area (Å²) in [6.45, 7) is 0.0176. The Morgan fingerprint density at radius 1 is 1.05 bits per heavy atom. The van der Waals surface area contributed by atoms with Crippen LogP contribution in [0.3, 0.4) is 0 Å². The highest BCUT2D eigenvalue weighted by molar-refractivity contribution is 9.10. The number of sulfonamides is 1. The van der Waals surface area contributed by atoms with Crippen LogP contribution >= 0.6 is 15.9 Å². The monoisotopic (exact) mass is 585 g/mol. The van der Waals surface area contributed by atoms with E-state index in [4.69, 9.17) is 5.14 Å². The van der Waals surface area contributed by atoms with Gasteiger partial charge in [0.15, 0.2) is 0 Å². The van der Waals surface area contributed by atoms with Crippen LogP contribution in [0.2, 0.25) is 0 Å². The predicted octanol–water partition coefficient (Wildman–Crippen LogP) is 3.67. The molecule has 1 amide bonds. The van der Waals surface area contributed by atoms with E-state index in [0.29, 0.717) is 11.1 Å². The van der Waals surface area contributed by atoms with Gasteiger partial charge in [0.2, 0.25) is 10.0 Å². The summed E-state index contributed by atoms with van der Waals surface area (Å²) in [5.41, 5.74) is 0.842. The van der Waals surface area contributed by atoms with Crippen molar-refractivity contribution in [2.24, 2.45) is 5.14 Å². The van der Waals surface area contributed by atoms with Crippen molar-refractivity contribution in [1.82, 2.24) is 4.90 Å². The molecule has 3 aromatic carbocycles. The van der Waals surface area contributed by atoms with Gasteiger partial charge in [-0.05, 0) is 41.8 Å². The molecule has 3 aromatic rings. The fourth-order valence-electron chi connectivity index (χ4n) is 4.12. The van der Waals surface area contributed by atoms with Crippen molar-refractivity contribution in [3.63, 3.8) is 0 Å². The average Bonchev–Trinajstić information content (AvgIpc) is 3.12. The number of rotatable bonds is 7. The van der Waals surface area contributed by atoms with Gasteiger partial charge >= 0.3 is 0 Å². The summed E-state index contributed by atoms with van der Waals surface area (Å²) in [6, 6.07) is 16.7. The number of amides is 1. The zero-order chi connectivity index (χ0) is 26.9. The van der Waals surface area contributed by atoms with Crippen LogP contribution in [0.5, 0.6) is 0 Å². The summed E-state index contributed by atoms with van der Waals surface area (Å²) in [7, 11) is -3.87. The van der Waals surface area contributed by atoms with Gasteiger partial charge in [0, 0.05) is 28.7 Å². The second-order valence-electron chi connectivity index (χ2n) is 8.29. The number of Topliss-reactive ketones (excluding diaryl/α,β-unsaturated/α-hetero) is 1. The van der Waals surface area contributed by atoms with Gasteiger partial charge in [-0.15, -0.1) is 0 Å². The standard InChI is InChI=1S/C25H20BrN3O7S/c26-18-8-6-16(7-9-18)23(30)21-22(17-2-1-3-19(14-17)29(33)34)28(25(32)24(21)31)13-12-15-4-10-20(11-5-15)37(27,35)36/h1-11,14,22,30H,12-13H2,(H2,27,35,36). The Morgan fingerprint density at radius 3 is 2.30 bits per heavy atom. The number of carbonyl (C=O) groups is 2. The number of halogens is 1. The second-order valence-corrected chi connectivity index (χ2v) is 10.8. The Balaban J connectivity index is 1.76. The maximum absolute atomic E-state index is 13.1. The van der Waals surface area contributed by atoms with Crippen LogP contribution in [-0.2, 0) is 26.0 Å². The minimum Gasteiger partial charge on any atom is -0.507 e. The number of hydrogen-bond acceptors (Lipinski definition) is 7. The molecule has 1 aliphatic heterocycles. The number of nitrogens with two attached hydrogens (primary N) is 1. The predicted molar refractivity (Wildman–Crippen MR) is 138 cm³/mol. The van der Waals surface area contributed by atoms with Crippen molar-refractivity contribution in [2.45, 2.75) is 17.4 Å². The molecule has 3 N–H and O–H groups in total. The minimum atomic E-state index is -3.87. The lowest BCUT2D eigenvalue weighted by Crippen LogP contribution is -2.31. The normalized spacial score (nSPS) is 17.2. The van der Waals surface area contributed by atoms with E-state index >= 15 is 0 Å². The molecule has 37 heavy (non-hydrogen) atoms. The van der Waals surface area contributed by atoms with Crippen LogP contribution in [0.25, 0.3) is 5.76 Å². The summed E-state index contributed by atoms with van der Waals surface area (Å²) in [5, 5.41) is 27.6. The molecule has 1 saturated heterocycles. The maximum Gasteiger partial charge on any atom is 0.295 e. The molecule has 0 spiro atoms. The Labute approximate surface area is 220 Å². The molecule has 1 unspecified atom stereocenters. The highest BCUT2D eigenvalue weighted by atomic mass is 79.9. The number of benzene rings is 3. The van der Waals surface area contributed by atoms with E-state index < -0.39 is 38.4 Å². The molecule has 0 aliphatic carbocycles. The lowest BCUT2D eigenvalue weighted by Gasteiger charge is -2.25. The first-order chi connectivity index (χ1) is 17.5. The molecule has 12 heteroatoms. The molecular formula is C25H20BrN3O7S. The first kappa shape index (κ1) is 26.2. The van der Waals surface area contributed by atoms with Gasteiger partial charge in [0.05, 0.1) is 21.4 Å². The first-order valence-corrected chi connectivity index (χ1v) is 13.2. The van der Waals surface area contributed by atoms with E-state index in [1.165, 1.54) is 35.2 Å². The summed E-state index contributed by atoms with van der Waals surface area (Å²) in [4.78, 5) is 38.2. The minimum absolute atomic E-state index is 0.0176. The van der Waals surface area contributed by atoms with Gasteiger partial charge in [0.1, 0.15) is 5.76 Å².